The lowest BCUT2D eigenvalue weighted by atomic mass is 10.0. The van der Waals surface area contributed by atoms with E-state index in [1.165, 1.54) is 6.07 Å². The van der Waals surface area contributed by atoms with Crippen molar-refractivity contribution in [2.75, 3.05) is 18.9 Å². The number of nitrogens with two attached hydrogens (primary N) is 1. The first kappa shape index (κ1) is 18.2. The molecule has 21 heavy (non-hydrogen) atoms. The van der Waals surface area contributed by atoms with Crippen molar-refractivity contribution < 1.29 is 13.5 Å². The van der Waals surface area contributed by atoms with E-state index in [-0.39, 0.29) is 29.0 Å². The number of aliphatic hydroxyl groups excluding tert-OH is 1. The lowest BCUT2D eigenvalue weighted by molar-refractivity contribution is 0.251. The lowest BCUT2D eigenvalue weighted by Gasteiger charge is -2.16. The van der Waals surface area contributed by atoms with Crippen molar-refractivity contribution in [2.45, 2.75) is 38.0 Å². The fraction of sp³-hybridized carbons (Fsp3) is 0.571. The minimum absolute atomic E-state index is 0.00786. The van der Waals surface area contributed by atoms with Gasteiger partial charge in [-0.1, -0.05) is 24.9 Å². The number of anilines is 1. The Balaban J connectivity index is 2.89. The Bertz CT molecular complexity index is 570. The Hall–Kier alpha value is -0.820. The number of aryl methyl sites for hydroxylation is 1. The molecule has 0 spiro atoms. The molecule has 1 atom stereocenters. The number of nitrogens with one attached hydrogen (secondary N) is 1. The highest BCUT2D eigenvalue weighted by Gasteiger charge is 2.20. The second kappa shape index (κ2) is 7.98. The summed E-state index contributed by atoms with van der Waals surface area (Å²) in [6, 6.07) is 2.92. The molecule has 0 amide bonds. The molecule has 0 bridgehead atoms. The van der Waals surface area contributed by atoms with Gasteiger partial charge in [-0.3, -0.25) is 0 Å². The third kappa shape index (κ3) is 5.14. The van der Waals surface area contributed by atoms with Gasteiger partial charge in [0.25, 0.3) is 0 Å². The monoisotopic (exact) mass is 334 g/mol. The van der Waals surface area contributed by atoms with Crippen LogP contribution in [0.25, 0.3) is 0 Å². The van der Waals surface area contributed by atoms with Gasteiger partial charge in [-0.25, -0.2) is 13.1 Å². The average Bonchev–Trinajstić information content (AvgIpc) is 2.40. The van der Waals surface area contributed by atoms with Gasteiger partial charge >= 0.3 is 0 Å². The number of aliphatic hydroxyl groups is 1. The molecule has 1 aromatic carbocycles. The number of halogens is 1. The van der Waals surface area contributed by atoms with Crippen molar-refractivity contribution in [3.63, 3.8) is 0 Å². The third-order valence-electron chi connectivity index (χ3n) is 3.41. The predicted molar refractivity (Wildman–Crippen MR) is 85.9 cm³/mol. The second-order valence-electron chi connectivity index (χ2n) is 5.16. The van der Waals surface area contributed by atoms with Gasteiger partial charge in [-0.05, 0) is 43.4 Å². The molecule has 7 heteroatoms. The molecular weight excluding hydrogens is 312 g/mol. The third-order valence-corrected chi connectivity index (χ3v) is 5.29. The fourth-order valence-electron chi connectivity index (χ4n) is 2.12. The van der Waals surface area contributed by atoms with Crippen molar-refractivity contribution in [1.29, 1.82) is 0 Å². The van der Waals surface area contributed by atoms with Crippen LogP contribution in [-0.2, 0) is 10.0 Å². The van der Waals surface area contributed by atoms with Gasteiger partial charge < -0.3 is 10.8 Å². The second-order valence-corrected chi connectivity index (χ2v) is 7.30. The zero-order valence-electron chi connectivity index (χ0n) is 12.4. The minimum Gasteiger partial charge on any atom is -0.398 e. The maximum Gasteiger partial charge on any atom is 0.242 e. The Morgan fingerprint density at radius 2 is 2.05 bits per heavy atom. The topological polar surface area (TPSA) is 92.4 Å². The minimum atomic E-state index is -3.71. The number of rotatable bonds is 8. The molecule has 0 heterocycles. The van der Waals surface area contributed by atoms with Crippen LogP contribution in [0.1, 0.15) is 31.7 Å². The van der Waals surface area contributed by atoms with Gasteiger partial charge in [-0.2, -0.15) is 0 Å². The quantitative estimate of drug-likeness (QED) is 0.636. The number of hydrogen-bond acceptors (Lipinski definition) is 4. The van der Waals surface area contributed by atoms with Crippen LogP contribution < -0.4 is 10.5 Å². The van der Waals surface area contributed by atoms with Crippen molar-refractivity contribution in [2.24, 2.45) is 5.92 Å². The van der Waals surface area contributed by atoms with E-state index in [0.29, 0.717) is 12.1 Å². The molecule has 4 N–H and O–H groups in total. The summed E-state index contributed by atoms with van der Waals surface area (Å²) in [5, 5.41) is 9.16. The number of nitrogen functional groups attached to an aromatic ring is 1. The Morgan fingerprint density at radius 1 is 1.38 bits per heavy atom. The van der Waals surface area contributed by atoms with E-state index in [0.717, 1.165) is 18.4 Å². The highest BCUT2D eigenvalue weighted by atomic mass is 35.5. The fourth-order valence-corrected chi connectivity index (χ4v) is 3.85. The standard InChI is InChI=1S/C14H23ClN2O3S/c1-3-4-11(5-6-18)9-17-21(19,20)14-8-13(16)10(2)7-12(14)15/h7-8,11,17-18H,3-6,9,16H2,1-2H3. The van der Waals surface area contributed by atoms with Gasteiger partial charge in [0.2, 0.25) is 10.0 Å². The molecule has 0 saturated heterocycles. The van der Waals surface area contributed by atoms with E-state index in [4.69, 9.17) is 22.4 Å². The van der Waals surface area contributed by atoms with E-state index in [1.54, 1.807) is 13.0 Å². The van der Waals surface area contributed by atoms with Gasteiger partial charge in [0.1, 0.15) is 4.90 Å². The number of sulfonamides is 1. The van der Waals surface area contributed by atoms with E-state index in [2.05, 4.69) is 4.72 Å². The summed E-state index contributed by atoms with van der Waals surface area (Å²) >= 11 is 6.01. The molecule has 0 aliphatic rings. The molecule has 5 nitrogen and oxygen atoms in total. The van der Waals surface area contributed by atoms with E-state index in [1.807, 2.05) is 6.92 Å². The summed E-state index contributed by atoms with van der Waals surface area (Å²) < 4.78 is 27.2. The SMILES string of the molecule is CCCC(CCO)CNS(=O)(=O)c1cc(N)c(C)cc1Cl. The molecule has 1 rings (SSSR count). The van der Waals surface area contributed by atoms with Crippen LogP contribution in [0, 0.1) is 12.8 Å². The van der Waals surface area contributed by atoms with Crippen molar-refractivity contribution >= 4 is 27.3 Å². The zero-order chi connectivity index (χ0) is 16.0. The molecule has 0 aromatic heterocycles. The zero-order valence-corrected chi connectivity index (χ0v) is 14.0. The molecule has 0 aliphatic carbocycles. The van der Waals surface area contributed by atoms with Crippen molar-refractivity contribution in [3.05, 3.63) is 22.7 Å². The average molecular weight is 335 g/mol. The molecule has 1 unspecified atom stereocenters. The van der Waals surface area contributed by atoms with Crippen LogP contribution in [0.5, 0.6) is 0 Å². The van der Waals surface area contributed by atoms with Crippen LogP contribution >= 0.6 is 11.6 Å². The van der Waals surface area contributed by atoms with Gasteiger partial charge in [0.15, 0.2) is 0 Å². The molecule has 0 fully saturated rings. The molecule has 0 saturated carbocycles. The van der Waals surface area contributed by atoms with Gasteiger partial charge in [-0.15, -0.1) is 0 Å². The summed E-state index contributed by atoms with van der Waals surface area (Å²) in [4.78, 5) is -0.00786. The first-order chi connectivity index (χ1) is 9.81. The van der Waals surface area contributed by atoms with Crippen molar-refractivity contribution in [3.8, 4) is 0 Å². The van der Waals surface area contributed by atoms with Crippen LogP contribution in [0.3, 0.4) is 0 Å². The van der Waals surface area contributed by atoms with Crippen LogP contribution in [0.4, 0.5) is 5.69 Å². The molecule has 1 aromatic rings. The molecule has 0 radical (unpaired) electrons. The summed E-state index contributed by atoms with van der Waals surface area (Å²) in [6.07, 6.45) is 2.36. The van der Waals surface area contributed by atoms with Crippen LogP contribution in [-0.4, -0.2) is 26.7 Å². The summed E-state index contributed by atoms with van der Waals surface area (Å²) in [5.41, 5.74) is 6.88. The van der Waals surface area contributed by atoms with Gasteiger partial charge in [0, 0.05) is 18.8 Å². The largest absolute Gasteiger partial charge is 0.398 e. The first-order valence-corrected chi connectivity index (χ1v) is 8.84. The highest BCUT2D eigenvalue weighted by molar-refractivity contribution is 7.89. The van der Waals surface area contributed by atoms with E-state index in [9.17, 15) is 8.42 Å². The lowest BCUT2D eigenvalue weighted by Crippen LogP contribution is -2.30. The van der Waals surface area contributed by atoms with Crippen LogP contribution in [0.2, 0.25) is 5.02 Å². The van der Waals surface area contributed by atoms with Crippen molar-refractivity contribution in [1.82, 2.24) is 4.72 Å². The summed E-state index contributed by atoms with van der Waals surface area (Å²) in [7, 11) is -3.71. The summed E-state index contributed by atoms with van der Waals surface area (Å²) in [5.74, 6) is 0.108. The Kier molecular flexibility index (Phi) is 6.93. The van der Waals surface area contributed by atoms with Gasteiger partial charge in [0.05, 0.1) is 5.02 Å². The summed E-state index contributed by atoms with van der Waals surface area (Å²) in [6.45, 7) is 4.12. The predicted octanol–water partition coefficient (Wildman–Crippen LogP) is 2.31. The smallest absolute Gasteiger partial charge is 0.242 e. The Labute approximate surface area is 131 Å². The first-order valence-electron chi connectivity index (χ1n) is 6.98. The van der Waals surface area contributed by atoms with E-state index < -0.39 is 10.0 Å². The Morgan fingerprint density at radius 3 is 2.62 bits per heavy atom. The van der Waals surface area contributed by atoms with Crippen LogP contribution in [0.15, 0.2) is 17.0 Å². The number of hydrogen-bond donors (Lipinski definition) is 3. The van der Waals surface area contributed by atoms with E-state index >= 15 is 0 Å². The highest BCUT2D eigenvalue weighted by Crippen LogP contribution is 2.26. The maximum atomic E-state index is 12.3. The molecule has 0 aliphatic heterocycles. The normalized spacial score (nSPS) is 13.3. The molecule has 120 valence electrons. The maximum absolute atomic E-state index is 12.3. The molecular formula is C14H23ClN2O3S. The number of benzene rings is 1.